The van der Waals surface area contributed by atoms with E-state index in [1.165, 1.54) is 43.2 Å². The van der Waals surface area contributed by atoms with Gasteiger partial charge in [-0.3, -0.25) is 0 Å². The van der Waals surface area contributed by atoms with Crippen LogP contribution in [0.25, 0.3) is 92.4 Å². The summed E-state index contributed by atoms with van der Waals surface area (Å²) < 4.78 is 0. The molecule has 0 aromatic heterocycles. The molecule has 0 unspecified atom stereocenters. The van der Waals surface area contributed by atoms with Crippen LogP contribution in [0.5, 0.6) is 0 Å². The third kappa shape index (κ3) is 7.21. The maximum Gasteiger partial charge on any atom is 0.252 e. The molecule has 0 N–H and O–H groups in total. The van der Waals surface area contributed by atoms with Crippen LogP contribution in [0.1, 0.15) is 5.56 Å². The molecule has 0 saturated heterocycles. The molecule has 2 heterocycles. The Morgan fingerprint density at radius 2 is 0.714 bits per heavy atom. The predicted molar refractivity (Wildman–Crippen MR) is 323 cm³/mol. The van der Waals surface area contributed by atoms with Gasteiger partial charge >= 0.3 is 0 Å². The lowest BCUT2D eigenvalue weighted by Crippen LogP contribution is -2.61. The molecule has 0 radical (unpaired) electrons. The first-order valence-electron chi connectivity index (χ1n) is 26.1. The van der Waals surface area contributed by atoms with Gasteiger partial charge in [-0.25, -0.2) is 4.85 Å². The summed E-state index contributed by atoms with van der Waals surface area (Å²) in [7, 11) is 0. The van der Waals surface area contributed by atoms with Gasteiger partial charge in [0.2, 0.25) is 0 Å². The number of rotatable bonds is 6. The van der Waals surface area contributed by atoms with Gasteiger partial charge < -0.3 is 9.80 Å². The van der Waals surface area contributed by atoms with Crippen LogP contribution in [0.15, 0.2) is 261 Å². The van der Waals surface area contributed by atoms with Crippen molar-refractivity contribution in [1.82, 2.24) is 0 Å². The summed E-state index contributed by atoms with van der Waals surface area (Å²) in [4.78, 5) is 9.11. The third-order valence-corrected chi connectivity index (χ3v) is 15.9. The number of nitrogens with zero attached hydrogens (tertiary/aromatic N) is 4. The zero-order chi connectivity index (χ0) is 51.1. The summed E-state index contributed by atoms with van der Waals surface area (Å²) in [5, 5.41) is 20.6. The average Bonchev–Trinajstić information content (AvgIpc) is 3.61. The molecule has 13 aromatic carbocycles. The number of hydrogen-bond acceptors (Lipinski definition) is 3. The fraction of sp³-hybridized carbons (Fsp3) is 0. The van der Waals surface area contributed by atoms with Crippen LogP contribution >= 0.6 is 0 Å². The van der Waals surface area contributed by atoms with Crippen LogP contribution in [0.3, 0.4) is 0 Å². The van der Waals surface area contributed by atoms with Gasteiger partial charge in [0, 0.05) is 45.3 Å². The Kier molecular flexibility index (Phi) is 10.1. The minimum absolute atomic E-state index is 0.207. The van der Waals surface area contributed by atoms with E-state index in [-0.39, 0.29) is 6.71 Å². The maximum absolute atomic E-state index is 11.2. The minimum Gasteiger partial charge on any atom is -0.311 e. The lowest BCUT2D eigenvalue weighted by atomic mass is 9.33. The molecule has 15 rings (SSSR count). The second-order valence-corrected chi connectivity index (χ2v) is 20.3. The smallest absolute Gasteiger partial charge is 0.252 e. The normalized spacial score (nSPS) is 12.3. The molecule has 0 fully saturated rings. The summed E-state index contributed by atoms with van der Waals surface area (Å²) >= 11 is 0. The van der Waals surface area contributed by atoms with Gasteiger partial charge in [0.25, 0.3) is 6.71 Å². The zero-order valence-electron chi connectivity index (χ0n) is 41.7. The molecule has 0 atom stereocenters. The van der Waals surface area contributed by atoms with E-state index in [9.17, 15) is 5.26 Å². The van der Waals surface area contributed by atoms with E-state index in [1.54, 1.807) is 0 Å². The molecule has 77 heavy (non-hydrogen) atoms. The van der Waals surface area contributed by atoms with Gasteiger partial charge in [0.05, 0.1) is 12.6 Å². The number of benzene rings is 13. The van der Waals surface area contributed by atoms with Gasteiger partial charge in [-0.1, -0.05) is 176 Å². The van der Waals surface area contributed by atoms with Crippen LogP contribution in [0, 0.1) is 17.9 Å². The largest absolute Gasteiger partial charge is 0.311 e. The number of hydrogen-bond donors (Lipinski definition) is 0. The van der Waals surface area contributed by atoms with Crippen LogP contribution in [-0.4, -0.2) is 6.71 Å². The highest BCUT2D eigenvalue weighted by molar-refractivity contribution is 7.00. The SMILES string of the molecule is [C-]#[N+]c1cc(-c2ccccc2)cc(C#N)c1-c1cc2c3c(c1)N(c1ccc(-c4ccccc4)cc1)c1cc4cc5ccccc5cc4cc1B3c1cc3cc4ccccc4cc3cc1N2c1ccc(-c2ccccc2)cc1. The molecule has 0 amide bonds. The van der Waals surface area contributed by atoms with Crippen molar-refractivity contribution < 1.29 is 0 Å². The van der Waals surface area contributed by atoms with Crippen molar-refractivity contribution in [2.45, 2.75) is 0 Å². The van der Waals surface area contributed by atoms with E-state index in [0.717, 1.165) is 89.3 Å². The highest BCUT2D eigenvalue weighted by Crippen LogP contribution is 2.50. The van der Waals surface area contributed by atoms with Crippen LogP contribution in [-0.2, 0) is 0 Å². The fourth-order valence-electron chi connectivity index (χ4n) is 12.3. The van der Waals surface area contributed by atoms with Crippen molar-refractivity contribution in [3.8, 4) is 50.6 Å². The van der Waals surface area contributed by atoms with E-state index in [0.29, 0.717) is 16.8 Å². The minimum atomic E-state index is -0.207. The van der Waals surface area contributed by atoms with E-state index >= 15 is 0 Å². The second kappa shape index (κ2) is 17.6. The van der Waals surface area contributed by atoms with Crippen molar-refractivity contribution in [1.29, 1.82) is 5.26 Å². The Balaban J connectivity index is 1.07. The lowest BCUT2D eigenvalue weighted by Gasteiger charge is -2.45. The highest BCUT2D eigenvalue weighted by Gasteiger charge is 2.44. The van der Waals surface area contributed by atoms with E-state index in [4.69, 9.17) is 6.57 Å². The molecule has 0 aliphatic carbocycles. The first kappa shape index (κ1) is 44.1. The van der Waals surface area contributed by atoms with E-state index in [2.05, 4.69) is 239 Å². The standard InChI is InChI=1S/C72H43BN4/c1-75-66-40-57(48-19-9-4-10-20-48)37-61(45-74)71(66)60-43-69-72-70(44-60)77(63-31-27-50(28-32-63)47-17-7-3-8-18-47)68-42-59-36-54-24-14-12-22-52(54)34-56(59)39-65(68)73(72)64-38-55-33-51-21-11-13-23-53(51)35-58(55)41-67(64)76(69)62-29-25-49(26-30-62)46-15-5-2-6-16-46/h2-44H. The fourth-order valence-corrected chi connectivity index (χ4v) is 12.3. The molecule has 0 spiro atoms. The van der Waals surface area contributed by atoms with Gasteiger partial charge in [-0.15, -0.1) is 0 Å². The highest BCUT2D eigenvalue weighted by atomic mass is 15.2. The molecule has 0 saturated carbocycles. The summed E-state index contributed by atoms with van der Waals surface area (Å²) in [6.07, 6.45) is 0. The van der Waals surface area contributed by atoms with Crippen LogP contribution in [0.4, 0.5) is 39.8 Å². The van der Waals surface area contributed by atoms with Crippen molar-refractivity contribution in [3.63, 3.8) is 0 Å². The second-order valence-electron chi connectivity index (χ2n) is 20.3. The van der Waals surface area contributed by atoms with Crippen LogP contribution < -0.4 is 26.2 Å². The molecule has 2 aliphatic heterocycles. The maximum atomic E-state index is 11.2. The Morgan fingerprint density at radius 1 is 0.338 bits per heavy atom. The average molecular weight is 975 g/mol. The van der Waals surface area contributed by atoms with Crippen molar-refractivity contribution in [2.75, 3.05) is 9.80 Å². The summed E-state index contributed by atoms with van der Waals surface area (Å²) in [6.45, 7) is 8.57. The van der Waals surface area contributed by atoms with Crippen molar-refractivity contribution >= 4 is 106 Å². The molecule has 13 aromatic rings. The quantitative estimate of drug-likeness (QED) is 0.0946. The third-order valence-electron chi connectivity index (χ3n) is 15.9. The molecular weight excluding hydrogens is 932 g/mol. The monoisotopic (exact) mass is 974 g/mol. The van der Waals surface area contributed by atoms with E-state index in [1.807, 2.05) is 42.5 Å². The Labute approximate surface area is 447 Å². The topological polar surface area (TPSA) is 34.6 Å². The molecule has 5 heteroatoms. The predicted octanol–water partition coefficient (Wildman–Crippen LogP) is 17.5. The van der Waals surface area contributed by atoms with Gasteiger partial charge in [0.1, 0.15) is 0 Å². The first-order valence-corrected chi connectivity index (χ1v) is 26.1. The molecule has 0 bridgehead atoms. The molecular formula is C72H43BN4. The Morgan fingerprint density at radius 3 is 1.12 bits per heavy atom. The summed E-state index contributed by atoms with van der Waals surface area (Å²) in [6, 6.07) is 96.2. The first-order chi connectivity index (χ1) is 38.0. The summed E-state index contributed by atoms with van der Waals surface area (Å²) in [5.41, 5.74) is 18.3. The van der Waals surface area contributed by atoms with Gasteiger partial charge in [-0.2, -0.15) is 5.26 Å². The van der Waals surface area contributed by atoms with Crippen molar-refractivity contribution in [2.24, 2.45) is 0 Å². The number of fused-ring (bicyclic) bond motifs is 8. The molecule has 354 valence electrons. The van der Waals surface area contributed by atoms with Gasteiger partial charge in [0.15, 0.2) is 5.69 Å². The summed E-state index contributed by atoms with van der Waals surface area (Å²) in [5.74, 6) is 0. The van der Waals surface area contributed by atoms with E-state index < -0.39 is 0 Å². The lowest BCUT2D eigenvalue weighted by molar-refractivity contribution is 1.26. The number of anilines is 6. The van der Waals surface area contributed by atoms with Crippen LogP contribution in [0.2, 0.25) is 0 Å². The number of nitriles is 1. The zero-order valence-corrected chi connectivity index (χ0v) is 41.7. The Hall–Kier alpha value is -10.5. The molecule has 4 nitrogen and oxygen atoms in total. The van der Waals surface area contributed by atoms with Gasteiger partial charge in [-0.05, 0) is 183 Å². The molecule has 2 aliphatic rings. The van der Waals surface area contributed by atoms with Crippen molar-refractivity contribution in [3.05, 3.63) is 278 Å². The Bertz CT molecular complexity index is 4370.